The van der Waals surface area contributed by atoms with Gasteiger partial charge < -0.3 is 5.32 Å². The summed E-state index contributed by atoms with van der Waals surface area (Å²) in [5.74, 6) is -0.332. The van der Waals surface area contributed by atoms with Gasteiger partial charge in [-0.1, -0.05) is 5.21 Å². The normalized spacial score (nSPS) is 12.6. The van der Waals surface area contributed by atoms with E-state index < -0.39 is 0 Å². The number of rotatable bonds is 4. The Balaban J connectivity index is 2.16. The maximum absolute atomic E-state index is 13.1. The van der Waals surface area contributed by atoms with Gasteiger partial charge in [-0.25, -0.2) is 4.39 Å². The lowest BCUT2D eigenvalue weighted by Crippen LogP contribution is -2.19. The van der Waals surface area contributed by atoms with Crippen LogP contribution in [0.3, 0.4) is 0 Å². The molecule has 0 aliphatic rings. The van der Waals surface area contributed by atoms with E-state index in [2.05, 4.69) is 20.6 Å². The topological polar surface area (TPSA) is 55.6 Å². The van der Waals surface area contributed by atoms with Crippen molar-refractivity contribution in [2.75, 3.05) is 7.05 Å². The molecule has 0 amide bonds. The fourth-order valence-electron chi connectivity index (χ4n) is 1.70. The second kappa shape index (κ2) is 5.01. The molecule has 0 aliphatic carbocycles. The highest BCUT2D eigenvalue weighted by Gasteiger charge is 2.13. The lowest BCUT2D eigenvalue weighted by atomic mass is 10.0. The molecule has 0 bridgehead atoms. The number of likely N-dealkylation sites (N-methyl/N-ethyl adjacent to an activating group) is 1. The van der Waals surface area contributed by atoms with Gasteiger partial charge in [-0.3, -0.25) is 9.67 Å². The molecule has 2 rings (SSSR count). The molecule has 0 fully saturated rings. The van der Waals surface area contributed by atoms with Crippen molar-refractivity contribution in [3.8, 4) is 0 Å². The lowest BCUT2D eigenvalue weighted by molar-refractivity contribution is 0.566. The molecule has 0 radical (unpaired) electrons. The van der Waals surface area contributed by atoms with Crippen LogP contribution in [-0.4, -0.2) is 27.0 Å². The molecule has 2 aromatic rings. The molecular formula is C11H14FN5. The largest absolute Gasteiger partial charge is 0.313 e. The number of hydrogen-bond donors (Lipinski definition) is 1. The van der Waals surface area contributed by atoms with E-state index >= 15 is 0 Å². The molecule has 0 saturated carbocycles. The van der Waals surface area contributed by atoms with E-state index in [-0.39, 0.29) is 11.9 Å². The molecule has 1 unspecified atom stereocenters. The highest BCUT2D eigenvalue weighted by atomic mass is 19.1. The first-order chi connectivity index (χ1) is 8.19. The second-order valence-corrected chi connectivity index (χ2v) is 3.87. The van der Waals surface area contributed by atoms with Gasteiger partial charge in [0.05, 0.1) is 11.9 Å². The molecule has 5 nitrogen and oxygen atoms in total. The predicted molar refractivity (Wildman–Crippen MR) is 60.7 cm³/mol. The summed E-state index contributed by atoms with van der Waals surface area (Å²) >= 11 is 0. The Morgan fingerprint density at radius 1 is 1.47 bits per heavy atom. The Bertz CT molecular complexity index is 496. The highest BCUT2D eigenvalue weighted by Crippen LogP contribution is 2.16. The summed E-state index contributed by atoms with van der Waals surface area (Å²) in [6.45, 7) is 0. The first-order valence-electron chi connectivity index (χ1n) is 5.32. The third-order valence-electron chi connectivity index (χ3n) is 2.54. The number of halogens is 1. The molecule has 17 heavy (non-hydrogen) atoms. The van der Waals surface area contributed by atoms with Crippen LogP contribution < -0.4 is 5.32 Å². The van der Waals surface area contributed by atoms with Crippen molar-refractivity contribution in [2.24, 2.45) is 7.05 Å². The average Bonchev–Trinajstić information content (AvgIpc) is 2.72. The van der Waals surface area contributed by atoms with E-state index in [9.17, 15) is 4.39 Å². The van der Waals surface area contributed by atoms with E-state index in [1.165, 1.54) is 12.3 Å². The smallest absolute Gasteiger partial charge is 0.141 e. The minimum Gasteiger partial charge on any atom is -0.313 e. The quantitative estimate of drug-likeness (QED) is 0.853. The summed E-state index contributed by atoms with van der Waals surface area (Å²) in [5.41, 5.74) is 1.66. The van der Waals surface area contributed by atoms with E-state index in [4.69, 9.17) is 0 Å². The molecule has 2 heterocycles. The standard InChI is InChI=1S/C11H14FN5/c1-13-11(4-10-7-17(2)16-15-10)8-3-9(12)6-14-5-8/h3,5-7,11,13H,4H2,1-2H3. The number of nitrogens with one attached hydrogen (secondary N) is 1. The zero-order valence-corrected chi connectivity index (χ0v) is 9.76. The number of aryl methyl sites for hydroxylation is 1. The minimum atomic E-state index is -0.332. The van der Waals surface area contributed by atoms with E-state index in [0.29, 0.717) is 6.42 Å². The van der Waals surface area contributed by atoms with Crippen molar-refractivity contribution < 1.29 is 4.39 Å². The molecule has 1 atom stereocenters. The molecule has 1 N–H and O–H groups in total. The van der Waals surface area contributed by atoms with E-state index in [1.807, 2.05) is 20.3 Å². The van der Waals surface area contributed by atoms with Gasteiger partial charge in [-0.05, 0) is 18.7 Å². The van der Waals surface area contributed by atoms with E-state index in [0.717, 1.165) is 11.3 Å². The molecule has 0 saturated heterocycles. The summed E-state index contributed by atoms with van der Waals surface area (Å²) in [6, 6.07) is 1.46. The molecule has 0 spiro atoms. The van der Waals surface area contributed by atoms with Crippen LogP contribution in [0.1, 0.15) is 17.3 Å². The van der Waals surface area contributed by atoms with Crippen LogP contribution in [0.2, 0.25) is 0 Å². The Morgan fingerprint density at radius 3 is 2.88 bits per heavy atom. The zero-order valence-electron chi connectivity index (χ0n) is 9.76. The minimum absolute atomic E-state index is 0.0186. The van der Waals surface area contributed by atoms with Crippen LogP contribution in [0.5, 0.6) is 0 Å². The fourth-order valence-corrected chi connectivity index (χ4v) is 1.70. The van der Waals surface area contributed by atoms with Gasteiger partial charge >= 0.3 is 0 Å². The van der Waals surface area contributed by atoms with E-state index in [1.54, 1.807) is 10.9 Å². The number of pyridine rings is 1. The van der Waals surface area contributed by atoms with Crippen LogP contribution in [-0.2, 0) is 13.5 Å². The van der Waals surface area contributed by atoms with Crippen molar-refractivity contribution in [1.29, 1.82) is 0 Å². The second-order valence-electron chi connectivity index (χ2n) is 3.87. The van der Waals surface area contributed by atoms with Crippen molar-refractivity contribution in [1.82, 2.24) is 25.3 Å². The molecule has 6 heteroatoms. The summed E-state index contributed by atoms with van der Waals surface area (Å²) in [4.78, 5) is 3.84. The monoisotopic (exact) mass is 235 g/mol. The molecule has 2 aromatic heterocycles. The highest BCUT2D eigenvalue weighted by molar-refractivity contribution is 5.17. The summed E-state index contributed by atoms with van der Waals surface area (Å²) in [6.07, 6.45) is 5.34. The molecule has 0 aliphatic heterocycles. The van der Waals surface area contributed by atoms with Gasteiger partial charge in [-0.2, -0.15) is 0 Å². The Labute approximate surface area is 98.7 Å². The zero-order chi connectivity index (χ0) is 12.3. The third kappa shape index (κ3) is 2.85. The maximum Gasteiger partial charge on any atom is 0.141 e. The molecule has 90 valence electrons. The number of hydrogen-bond acceptors (Lipinski definition) is 4. The first kappa shape index (κ1) is 11.7. The van der Waals surface area contributed by atoms with Crippen LogP contribution >= 0.6 is 0 Å². The van der Waals surface area contributed by atoms with Gasteiger partial charge in [0.1, 0.15) is 5.82 Å². The molecule has 0 aromatic carbocycles. The number of aromatic nitrogens is 4. The lowest BCUT2D eigenvalue weighted by Gasteiger charge is -2.14. The molecular weight excluding hydrogens is 221 g/mol. The van der Waals surface area contributed by atoms with Crippen LogP contribution in [0, 0.1) is 5.82 Å². The van der Waals surface area contributed by atoms with Crippen LogP contribution in [0.4, 0.5) is 4.39 Å². The Hall–Kier alpha value is -1.82. The predicted octanol–water partition coefficient (Wildman–Crippen LogP) is 0.852. The maximum atomic E-state index is 13.1. The van der Waals surface area contributed by atoms with Crippen LogP contribution in [0.15, 0.2) is 24.7 Å². The van der Waals surface area contributed by atoms with Crippen molar-refractivity contribution >= 4 is 0 Å². The Kier molecular flexibility index (Phi) is 3.43. The third-order valence-corrected chi connectivity index (χ3v) is 2.54. The number of nitrogens with zero attached hydrogens (tertiary/aromatic N) is 4. The summed E-state index contributed by atoms with van der Waals surface area (Å²) in [7, 11) is 3.64. The first-order valence-corrected chi connectivity index (χ1v) is 5.32. The Morgan fingerprint density at radius 2 is 2.29 bits per heavy atom. The van der Waals surface area contributed by atoms with Crippen molar-refractivity contribution in [2.45, 2.75) is 12.5 Å². The SMILES string of the molecule is CNC(Cc1cn(C)nn1)c1cncc(F)c1. The van der Waals surface area contributed by atoms with Crippen molar-refractivity contribution in [3.63, 3.8) is 0 Å². The van der Waals surface area contributed by atoms with Gasteiger partial charge in [0.2, 0.25) is 0 Å². The summed E-state index contributed by atoms with van der Waals surface area (Å²) < 4.78 is 14.7. The van der Waals surface area contributed by atoms with Crippen LogP contribution in [0.25, 0.3) is 0 Å². The van der Waals surface area contributed by atoms with Gasteiger partial charge in [0.15, 0.2) is 0 Å². The van der Waals surface area contributed by atoms with Crippen molar-refractivity contribution in [3.05, 3.63) is 41.7 Å². The average molecular weight is 235 g/mol. The summed E-state index contributed by atoms with van der Waals surface area (Å²) in [5, 5.41) is 11.0. The van der Waals surface area contributed by atoms with Gasteiger partial charge in [-0.15, -0.1) is 5.10 Å². The van der Waals surface area contributed by atoms with Gasteiger partial charge in [0.25, 0.3) is 0 Å². The van der Waals surface area contributed by atoms with Gasteiger partial charge in [0, 0.05) is 31.9 Å². The fraction of sp³-hybridized carbons (Fsp3) is 0.364.